The molecule has 1 amide bonds. The minimum atomic E-state index is -0.0331. The maximum Gasteiger partial charge on any atom is 0.252 e. The van der Waals surface area contributed by atoms with Crippen LogP contribution in [-0.2, 0) is 6.54 Å². The van der Waals surface area contributed by atoms with Crippen LogP contribution in [0.25, 0.3) is 10.2 Å². The van der Waals surface area contributed by atoms with E-state index in [9.17, 15) is 4.79 Å². The Balaban J connectivity index is 1.77. The van der Waals surface area contributed by atoms with Crippen molar-refractivity contribution in [2.24, 2.45) is 0 Å². The summed E-state index contributed by atoms with van der Waals surface area (Å²) in [6.45, 7) is 6.47. The van der Waals surface area contributed by atoms with Crippen LogP contribution in [0.4, 0.5) is 0 Å². The van der Waals surface area contributed by atoms with Gasteiger partial charge in [-0.05, 0) is 44.0 Å². The Morgan fingerprint density at radius 1 is 1.14 bits per heavy atom. The van der Waals surface area contributed by atoms with Gasteiger partial charge >= 0.3 is 0 Å². The lowest BCUT2D eigenvalue weighted by Gasteiger charge is -2.11. The molecule has 112 valence electrons. The molecule has 0 aliphatic heterocycles. The zero-order valence-corrected chi connectivity index (χ0v) is 13.8. The molecule has 1 aromatic heterocycles. The number of nitrogens with zero attached hydrogens (tertiary/aromatic N) is 1. The SMILES string of the molecule is Cc1cc(C)c(C(=O)NCc2nc3ccccc3s2)c(C)c1. The molecule has 0 aliphatic carbocycles. The lowest BCUT2D eigenvalue weighted by molar-refractivity contribution is 0.0949. The second-order valence-corrected chi connectivity index (χ2v) is 6.65. The van der Waals surface area contributed by atoms with Crippen molar-refractivity contribution in [3.05, 3.63) is 63.7 Å². The smallest absolute Gasteiger partial charge is 0.252 e. The van der Waals surface area contributed by atoms with Gasteiger partial charge in [-0.1, -0.05) is 29.8 Å². The van der Waals surface area contributed by atoms with Gasteiger partial charge in [0.2, 0.25) is 0 Å². The highest BCUT2D eigenvalue weighted by atomic mass is 32.1. The van der Waals surface area contributed by atoms with E-state index < -0.39 is 0 Å². The summed E-state index contributed by atoms with van der Waals surface area (Å²) in [5.74, 6) is -0.0331. The molecular weight excluding hydrogens is 292 g/mol. The van der Waals surface area contributed by atoms with Gasteiger partial charge in [0, 0.05) is 5.56 Å². The number of aryl methyl sites for hydroxylation is 3. The Bertz CT molecular complexity index is 795. The highest BCUT2D eigenvalue weighted by Gasteiger charge is 2.13. The molecule has 0 radical (unpaired) electrons. The number of nitrogens with one attached hydrogen (secondary N) is 1. The molecule has 3 nitrogen and oxygen atoms in total. The topological polar surface area (TPSA) is 42.0 Å². The molecule has 1 N–H and O–H groups in total. The molecule has 3 rings (SSSR count). The van der Waals surface area contributed by atoms with Gasteiger partial charge in [-0.15, -0.1) is 11.3 Å². The van der Waals surface area contributed by atoms with Gasteiger partial charge < -0.3 is 5.32 Å². The van der Waals surface area contributed by atoms with Gasteiger partial charge in [-0.2, -0.15) is 0 Å². The predicted molar refractivity (Wildman–Crippen MR) is 91.4 cm³/mol. The minimum Gasteiger partial charge on any atom is -0.346 e. The molecule has 0 bridgehead atoms. The van der Waals surface area contributed by atoms with Crippen molar-refractivity contribution in [3.63, 3.8) is 0 Å². The fourth-order valence-corrected chi connectivity index (χ4v) is 3.69. The summed E-state index contributed by atoms with van der Waals surface area (Å²) in [5, 5.41) is 3.91. The third-order valence-corrected chi connectivity index (χ3v) is 4.68. The first-order chi connectivity index (χ1) is 10.5. The second-order valence-electron chi connectivity index (χ2n) is 5.53. The van der Waals surface area contributed by atoms with E-state index in [1.165, 1.54) is 5.56 Å². The van der Waals surface area contributed by atoms with Crippen LogP contribution in [0.15, 0.2) is 36.4 Å². The maximum absolute atomic E-state index is 12.5. The zero-order chi connectivity index (χ0) is 15.7. The Morgan fingerprint density at radius 2 is 1.82 bits per heavy atom. The van der Waals surface area contributed by atoms with Gasteiger partial charge in [0.15, 0.2) is 0 Å². The number of hydrogen-bond acceptors (Lipinski definition) is 3. The minimum absolute atomic E-state index is 0.0331. The van der Waals surface area contributed by atoms with Gasteiger partial charge in [-0.3, -0.25) is 4.79 Å². The lowest BCUT2D eigenvalue weighted by atomic mass is 9.99. The van der Waals surface area contributed by atoms with Crippen LogP contribution in [0.1, 0.15) is 32.1 Å². The van der Waals surface area contributed by atoms with Crippen molar-refractivity contribution < 1.29 is 4.79 Å². The van der Waals surface area contributed by atoms with Crippen molar-refractivity contribution in [2.75, 3.05) is 0 Å². The van der Waals surface area contributed by atoms with E-state index in [1.807, 2.05) is 57.2 Å². The summed E-state index contributed by atoms with van der Waals surface area (Å²) in [6, 6.07) is 12.1. The summed E-state index contributed by atoms with van der Waals surface area (Å²) in [7, 11) is 0. The largest absolute Gasteiger partial charge is 0.346 e. The number of benzene rings is 2. The first-order valence-corrected chi connectivity index (χ1v) is 8.07. The molecule has 0 unspecified atom stereocenters. The number of hydrogen-bond donors (Lipinski definition) is 1. The van der Waals surface area contributed by atoms with Crippen molar-refractivity contribution in [1.29, 1.82) is 0 Å². The van der Waals surface area contributed by atoms with Crippen LogP contribution >= 0.6 is 11.3 Å². The Morgan fingerprint density at radius 3 is 2.50 bits per heavy atom. The van der Waals surface area contributed by atoms with Crippen molar-refractivity contribution in [2.45, 2.75) is 27.3 Å². The van der Waals surface area contributed by atoms with Crippen LogP contribution in [0.5, 0.6) is 0 Å². The van der Waals surface area contributed by atoms with Gasteiger partial charge in [-0.25, -0.2) is 4.98 Å². The summed E-state index contributed by atoms with van der Waals surface area (Å²) in [5.41, 5.74) is 4.96. The maximum atomic E-state index is 12.5. The molecule has 0 fully saturated rings. The van der Waals surface area contributed by atoms with Gasteiger partial charge in [0.25, 0.3) is 5.91 Å². The van der Waals surface area contributed by atoms with E-state index >= 15 is 0 Å². The molecule has 0 atom stereocenters. The van der Waals surface area contributed by atoms with E-state index in [1.54, 1.807) is 11.3 Å². The van der Waals surface area contributed by atoms with Gasteiger partial charge in [0.05, 0.1) is 16.8 Å². The lowest BCUT2D eigenvalue weighted by Crippen LogP contribution is -2.24. The quantitative estimate of drug-likeness (QED) is 0.789. The first-order valence-electron chi connectivity index (χ1n) is 7.25. The highest BCUT2D eigenvalue weighted by molar-refractivity contribution is 7.18. The molecule has 0 aliphatic rings. The van der Waals surface area contributed by atoms with Crippen molar-refractivity contribution in [3.8, 4) is 0 Å². The number of rotatable bonds is 3. The number of thiazole rings is 1. The van der Waals surface area contributed by atoms with Crippen LogP contribution in [0.3, 0.4) is 0 Å². The van der Waals surface area contributed by atoms with E-state index in [4.69, 9.17) is 0 Å². The third kappa shape index (κ3) is 2.88. The molecule has 2 aromatic carbocycles. The molecule has 4 heteroatoms. The van der Waals surface area contributed by atoms with Crippen LogP contribution in [0.2, 0.25) is 0 Å². The first kappa shape index (κ1) is 14.7. The van der Waals surface area contributed by atoms with E-state index in [0.29, 0.717) is 6.54 Å². The number of carbonyl (C=O) groups excluding carboxylic acids is 1. The third-order valence-electron chi connectivity index (χ3n) is 3.64. The Labute approximate surface area is 134 Å². The zero-order valence-electron chi connectivity index (χ0n) is 12.9. The fourth-order valence-electron chi connectivity index (χ4n) is 2.78. The van der Waals surface area contributed by atoms with Crippen molar-refractivity contribution >= 4 is 27.5 Å². The highest BCUT2D eigenvalue weighted by Crippen LogP contribution is 2.22. The molecule has 1 heterocycles. The fraction of sp³-hybridized carbons (Fsp3) is 0.222. The summed E-state index contributed by atoms with van der Waals surface area (Å²) < 4.78 is 1.15. The summed E-state index contributed by atoms with van der Waals surface area (Å²) >= 11 is 1.62. The summed E-state index contributed by atoms with van der Waals surface area (Å²) in [6.07, 6.45) is 0. The van der Waals surface area contributed by atoms with Crippen molar-refractivity contribution in [1.82, 2.24) is 10.3 Å². The second kappa shape index (κ2) is 5.89. The Hall–Kier alpha value is -2.20. The normalized spacial score (nSPS) is 10.9. The monoisotopic (exact) mass is 310 g/mol. The van der Waals surface area contributed by atoms with E-state index in [-0.39, 0.29) is 5.91 Å². The molecule has 3 aromatic rings. The van der Waals surface area contributed by atoms with Crippen LogP contribution < -0.4 is 5.32 Å². The molecule has 0 saturated carbocycles. The molecule has 0 spiro atoms. The van der Waals surface area contributed by atoms with Crippen LogP contribution in [-0.4, -0.2) is 10.9 Å². The Kier molecular flexibility index (Phi) is 3.94. The number of aromatic nitrogens is 1. The predicted octanol–water partition coefficient (Wildman–Crippen LogP) is 4.15. The number of para-hydroxylation sites is 1. The number of carbonyl (C=O) groups is 1. The summed E-state index contributed by atoms with van der Waals surface area (Å²) in [4.78, 5) is 17.0. The molecule has 22 heavy (non-hydrogen) atoms. The standard InChI is InChI=1S/C18H18N2OS/c1-11-8-12(2)17(13(3)9-11)18(21)19-10-16-20-14-6-4-5-7-15(14)22-16/h4-9H,10H2,1-3H3,(H,19,21). The van der Waals surface area contributed by atoms with Gasteiger partial charge in [0.1, 0.15) is 5.01 Å². The average Bonchev–Trinajstić information content (AvgIpc) is 2.86. The average molecular weight is 310 g/mol. The number of fused-ring (bicyclic) bond motifs is 1. The van der Waals surface area contributed by atoms with E-state index in [2.05, 4.69) is 10.3 Å². The van der Waals surface area contributed by atoms with Crippen LogP contribution in [0, 0.1) is 20.8 Å². The molecular formula is C18H18N2OS. The molecule has 0 saturated heterocycles. The number of amides is 1. The van der Waals surface area contributed by atoms with E-state index in [0.717, 1.165) is 31.9 Å².